The number of methoxy groups -OCH3 is 2. The van der Waals surface area contributed by atoms with E-state index < -0.39 is 12.2 Å². The summed E-state index contributed by atoms with van der Waals surface area (Å²) in [7, 11) is 3.14. The van der Waals surface area contributed by atoms with E-state index in [9.17, 15) is 9.59 Å². The number of carbonyl (C=O) groups excluding carboxylic acids is 2. The largest absolute Gasteiger partial charge is 0.481 e. The Balaban J connectivity index is 1.20. The van der Waals surface area contributed by atoms with E-state index in [2.05, 4.69) is 21.3 Å². The van der Waals surface area contributed by atoms with E-state index >= 15 is 0 Å². The molecule has 0 bridgehead atoms. The van der Waals surface area contributed by atoms with Gasteiger partial charge in [-0.2, -0.15) is 0 Å². The van der Waals surface area contributed by atoms with E-state index in [4.69, 9.17) is 52.1 Å². The number of amides is 2. The first-order valence-electron chi connectivity index (χ1n) is 15.3. The molecule has 4 aromatic rings. The molecule has 4 heterocycles. The smallest absolute Gasteiger partial charge is 0.407 e. The van der Waals surface area contributed by atoms with Crippen molar-refractivity contribution in [1.29, 1.82) is 0 Å². The summed E-state index contributed by atoms with van der Waals surface area (Å²) in [5.74, 6) is 0.928. The normalized spacial score (nSPS) is 17.0. The summed E-state index contributed by atoms with van der Waals surface area (Å²) >= 11 is 14.1. The molecule has 4 N–H and O–H groups in total. The van der Waals surface area contributed by atoms with Gasteiger partial charge in [-0.3, -0.25) is 0 Å². The summed E-state index contributed by atoms with van der Waals surface area (Å²) < 4.78 is 21.1. The molecule has 2 saturated heterocycles. The van der Waals surface area contributed by atoms with Crippen LogP contribution in [0.5, 0.6) is 11.8 Å². The number of cyclic esters (lactones) is 2. The first kappa shape index (κ1) is 33.3. The van der Waals surface area contributed by atoms with Crippen LogP contribution in [0.15, 0.2) is 60.7 Å². The lowest BCUT2D eigenvalue weighted by Gasteiger charge is -2.16. The monoisotopic (exact) mass is 692 g/mol. The lowest BCUT2D eigenvalue weighted by atomic mass is 9.98. The van der Waals surface area contributed by atoms with Crippen LogP contribution in [-0.2, 0) is 22.6 Å². The van der Waals surface area contributed by atoms with E-state index in [0.717, 1.165) is 33.4 Å². The molecule has 48 heavy (non-hydrogen) atoms. The van der Waals surface area contributed by atoms with Crippen molar-refractivity contribution in [2.45, 2.75) is 25.2 Å². The van der Waals surface area contributed by atoms with E-state index in [1.54, 1.807) is 14.2 Å². The number of nitrogens with one attached hydrogen (secondary N) is 4. The first-order valence-corrected chi connectivity index (χ1v) is 16.0. The molecule has 2 aliphatic heterocycles. The standard InChI is InChI=1S/C34H34Cl2N6O6/c1-45-31-19(13-37-15-21-17-47-33(43)39-21)9-11-27(41-31)25-7-3-5-23(29(25)35)24-6-4-8-26(30(24)36)28-12-10-20(32(42-28)46-2)14-38-16-22-18-48-34(44)40-22/h3-12,21-22,37-38H,13-18H2,1-2H3,(H,39,43)(H,40,44)/t21-,22-/m0/s1. The highest BCUT2D eigenvalue weighted by atomic mass is 35.5. The Morgan fingerprint density at radius 1 is 0.688 bits per heavy atom. The highest BCUT2D eigenvalue weighted by Crippen LogP contribution is 2.42. The van der Waals surface area contributed by atoms with Crippen LogP contribution in [0.2, 0.25) is 10.0 Å². The number of ether oxygens (including phenoxy) is 4. The number of nitrogens with zero attached hydrogens (tertiary/aromatic N) is 2. The third kappa shape index (κ3) is 7.42. The van der Waals surface area contributed by atoms with Crippen LogP contribution in [0.4, 0.5) is 9.59 Å². The topological polar surface area (TPSA) is 145 Å². The quantitative estimate of drug-likeness (QED) is 0.148. The fourth-order valence-electron chi connectivity index (χ4n) is 5.57. The van der Waals surface area contributed by atoms with Gasteiger partial charge in [-0.25, -0.2) is 19.6 Å². The second kappa shape index (κ2) is 15.1. The summed E-state index contributed by atoms with van der Waals surface area (Å²) in [6, 6.07) is 19.0. The average Bonchev–Trinajstić information content (AvgIpc) is 3.72. The third-order valence-electron chi connectivity index (χ3n) is 7.99. The zero-order valence-corrected chi connectivity index (χ0v) is 27.8. The van der Waals surface area contributed by atoms with Gasteiger partial charge in [-0.1, -0.05) is 71.7 Å². The predicted molar refractivity (Wildman–Crippen MR) is 181 cm³/mol. The number of benzene rings is 2. The molecule has 14 heteroatoms. The molecular weight excluding hydrogens is 659 g/mol. The maximum absolute atomic E-state index is 11.3. The Kier molecular flexibility index (Phi) is 10.5. The number of rotatable bonds is 13. The van der Waals surface area contributed by atoms with Crippen LogP contribution in [0, 0.1) is 0 Å². The molecule has 0 saturated carbocycles. The van der Waals surface area contributed by atoms with Gasteiger partial charge in [-0.15, -0.1) is 0 Å². The molecule has 2 amide bonds. The van der Waals surface area contributed by atoms with Crippen molar-refractivity contribution in [3.8, 4) is 45.4 Å². The Hall–Kier alpha value is -4.62. The molecule has 2 fully saturated rings. The van der Waals surface area contributed by atoms with Crippen molar-refractivity contribution >= 4 is 35.4 Å². The van der Waals surface area contributed by atoms with Gasteiger partial charge in [0.2, 0.25) is 11.8 Å². The fourth-order valence-corrected chi connectivity index (χ4v) is 6.22. The number of pyridine rings is 2. The van der Waals surface area contributed by atoms with Crippen molar-refractivity contribution in [3.05, 3.63) is 81.8 Å². The number of hydrogen-bond acceptors (Lipinski definition) is 10. The number of alkyl carbamates (subject to hydrolysis) is 2. The molecule has 0 aliphatic carbocycles. The predicted octanol–water partition coefficient (Wildman–Crippen LogP) is 5.20. The Morgan fingerprint density at radius 2 is 1.10 bits per heavy atom. The maximum atomic E-state index is 11.3. The SMILES string of the molecule is COc1nc(-c2cccc(-c3cccc(-c4ccc(CNC[C@H]5COC(=O)N5)c(OC)n4)c3Cl)c2Cl)ccc1CNC[C@H]1COC(=O)N1. The average molecular weight is 694 g/mol. The molecule has 12 nitrogen and oxygen atoms in total. The van der Waals surface area contributed by atoms with Crippen LogP contribution >= 0.6 is 23.2 Å². The number of hydrogen-bond donors (Lipinski definition) is 4. The molecule has 6 rings (SSSR count). The van der Waals surface area contributed by atoms with Gasteiger partial charge in [0.25, 0.3) is 0 Å². The number of halogens is 2. The van der Waals surface area contributed by atoms with Gasteiger partial charge in [0.1, 0.15) is 13.2 Å². The van der Waals surface area contributed by atoms with Crippen molar-refractivity contribution in [2.75, 3.05) is 40.5 Å². The zero-order valence-electron chi connectivity index (χ0n) is 26.3. The minimum Gasteiger partial charge on any atom is -0.481 e. The summed E-state index contributed by atoms with van der Waals surface area (Å²) in [6.07, 6.45) is -0.809. The molecule has 2 aromatic carbocycles. The van der Waals surface area contributed by atoms with Crippen LogP contribution < -0.4 is 30.7 Å². The third-order valence-corrected chi connectivity index (χ3v) is 8.81. The van der Waals surface area contributed by atoms with E-state index in [0.29, 0.717) is 72.6 Å². The molecule has 0 unspecified atom stereocenters. The van der Waals surface area contributed by atoms with E-state index in [-0.39, 0.29) is 12.1 Å². The lowest BCUT2D eigenvalue weighted by molar-refractivity contribution is 0.176. The summed E-state index contributed by atoms with van der Waals surface area (Å²) in [4.78, 5) is 32.1. The lowest BCUT2D eigenvalue weighted by Crippen LogP contribution is -2.36. The zero-order chi connectivity index (χ0) is 33.6. The molecule has 250 valence electrons. The minimum absolute atomic E-state index is 0.0860. The second-order valence-electron chi connectivity index (χ2n) is 11.2. The van der Waals surface area contributed by atoms with Crippen LogP contribution in [0.25, 0.3) is 33.6 Å². The van der Waals surface area contributed by atoms with Crippen LogP contribution in [0.3, 0.4) is 0 Å². The fraction of sp³-hybridized carbons (Fsp3) is 0.294. The van der Waals surface area contributed by atoms with Gasteiger partial charge < -0.3 is 40.2 Å². The number of carbonyl (C=O) groups is 2. The molecule has 2 aliphatic rings. The van der Waals surface area contributed by atoms with Gasteiger partial charge >= 0.3 is 12.2 Å². The van der Waals surface area contributed by atoms with Crippen molar-refractivity contribution in [2.24, 2.45) is 0 Å². The van der Waals surface area contributed by atoms with Crippen molar-refractivity contribution < 1.29 is 28.5 Å². The molecular formula is C34H34Cl2N6O6. The van der Waals surface area contributed by atoms with Crippen LogP contribution in [-0.4, -0.2) is 74.8 Å². The van der Waals surface area contributed by atoms with Crippen molar-refractivity contribution in [3.63, 3.8) is 0 Å². The Bertz CT molecular complexity index is 1690. The van der Waals surface area contributed by atoms with Gasteiger partial charge in [0.05, 0.1) is 47.7 Å². The van der Waals surface area contributed by atoms with Crippen LogP contribution in [0.1, 0.15) is 11.1 Å². The van der Waals surface area contributed by atoms with E-state index in [1.807, 2.05) is 60.7 Å². The highest BCUT2D eigenvalue weighted by molar-refractivity contribution is 6.39. The first-order chi connectivity index (χ1) is 23.3. The summed E-state index contributed by atoms with van der Waals surface area (Å²) in [5, 5.41) is 13.1. The minimum atomic E-state index is -0.405. The van der Waals surface area contributed by atoms with Gasteiger partial charge in [0, 0.05) is 59.6 Å². The molecule has 2 aromatic heterocycles. The van der Waals surface area contributed by atoms with Gasteiger partial charge in [-0.05, 0) is 12.1 Å². The number of aromatic nitrogens is 2. The molecule has 0 spiro atoms. The Morgan fingerprint density at radius 3 is 1.48 bits per heavy atom. The Labute approximate surface area is 287 Å². The highest BCUT2D eigenvalue weighted by Gasteiger charge is 2.23. The van der Waals surface area contributed by atoms with Crippen molar-refractivity contribution in [1.82, 2.24) is 31.2 Å². The molecule has 2 atom stereocenters. The summed E-state index contributed by atoms with van der Waals surface area (Å²) in [5.41, 5.74) is 5.93. The second-order valence-corrected chi connectivity index (χ2v) is 12.0. The van der Waals surface area contributed by atoms with E-state index in [1.165, 1.54) is 0 Å². The maximum Gasteiger partial charge on any atom is 0.407 e. The molecule has 0 radical (unpaired) electrons. The summed E-state index contributed by atoms with van der Waals surface area (Å²) in [6.45, 7) is 2.74. The van der Waals surface area contributed by atoms with Gasteiger partial charge in [0.15, 0.2) is 0 Å².